The average molecular weight is 410 g/mol. The number of hydrogen-bond acceptors (Lipinski definition) is 4. The molecule has 0 spiro atoms. The third-order valence-corrected chi connectivity index (χ3v) is 6.76. The highest BCUT2D eigenvalue weighted by molar-refractivity contribution is 7.97. The first-order valence-electron chi connectivity index (χ1n) is 10.7. The molecule has 0 saturated carbocycles. The number of benzene rings is 2. The molecule has 1 atom stereocenters. The van der Waals surface area contributed by atoms with Crippen LogP contribution >= 0.6 is 11.9 Å². The van der Waals surface area contributed by atoms with Gasteiger partial charge in [-0.2, -0.15) is 0 Å². The fraction of sp³-hybridized carbons (Fsp3) is 0.458. The van der Waals surface area contributed by atoms with Gasteiger partial charge in [-0.15, -0.1) is 0 Å². The van der Waals surface area contributed by atoms with Crippen LogP contribution < -0.4 is 0 Å². The first-order chi connectivity index (χ1) is 14.1. The first kappa shape index (κ1) is 20.5. The predicted octanol–water partition coefficient (Wildman–Crippen LogP) is 4.62. The molecule has 1 amide bonds. The minimum atomic E-state index is 0.191. The summed E-state index contributed by atoms with van der Waals surface area (Å²) in [5.41, 5.74) is 3.14. The molecule has 29 heavy (non-hydrogen) atoms. The van der Waals surface area contributed by atoms with Gasteiger partial charge in [-0.05, 0) is 100 Å². The second-order valence-corrected chi connectivity index (χ2v) is 9.69. The molecule has 2 aliphatic heterocycles. The summed E-state index contributed by atoms with van der Waals surface area (Å²) in [5.74, 6) is 0.191. The van der Waals surface area contributed by atoms with E-state index in [-0.39, 0.29) is 5.91 Å². The number of carbonyl (C=O) groups is 1. The minimum absolute atomic E-state index is 0.191. The van der Waals surface area contributed by atoms with Gasteiger partial charge in [0.1, 0.15) is 0 Å². The Balaban J connectivity index is 1.42. The van der Waals surface area contributed by atoms with Gasteiger partial charge in [0.15, 0.2) is 0 Å². The smallest absolute Gasteiger partial charge is 0.254 e. The molecule has 2 aliphatic rings. The fourth-order valence-electron chi connectivity index (χ4n) is 4.45. The van der Waals surface area contributed by atoms with E-state index in [4.69, 9.17) is 0 Å². The lowest BCUT2D eigenvalue weighted by molar-refractivity contribution is 0.0709. The standard InChI is InChI=1S/C24H31N3OS/c1-25(2)29-23-13-11-20(12-14-23)19-7-9-21(10-8-19)24(28)27-17-5-6-22(27)18-26-15-3-4-16-26/h7-14,22H,3-6,15-18H2,1-2H3. The Morgan fingerprint density at radius 2 is 1.55 bits per heavy atom. The normalized spacial score (nSPS) is 20.0. The van der Waals surface area contributed by atoms with E-state index in [0.717, 1.165) is 37.1 Å². The number of likely N-dealkylation sites (tertiary alicyclic amines) is 2. The Labute approximate surface area is 179 Å². The zero-order valence-corrected chi connectivity index (χ0v) is 18.3. The number of nitrogens with zero attached hydrogens (tertiary/aromatic N) is 3. The lowest BCUT2D eigenvalue weighted by atomic mass is 10.0. The Hall–Kier alpha value is -1.82. The second-order valence-electron chi connectivity index (χ2n) is 8.31. The van der Waals surface area contributed by atoms with E-state index in [2.05, 4.69) is 50.5 Å². The maximum absolute atomic E-state index is 13.1. The van der Waals surface area contributed by atoms with Crippen LogP contribution in [0.1, 0.15) is 36.0 Å². The quantitative estimate of drug-likeness (QED) is 0.651. The highest BCUT2D eigenvalue weighted by atomic mass is 32.2. The maximum Gasteiger partial charge on any atom is 0.254 e. The van der Waals surface area contributed by atoms with Crippen LogP contribution in [0.4, 0.5) is 0 Å². The van der Waals surface area contributed by atoms with Gasteiger partial charge in [0.05, 0.1) is 0 Å². The molecular weight excluding hydrogens is 378 g/mol. The predicted molar refractivity (Wildman–Crippen MR) is 121 cm³/mol. The molecule has 4 rings (SSSR count). The molecule has 154 valence electrons. The van der Waals surface area contributed by atoms with E-state index >= 15 is 0 Å². The zero-order valence-electron chi connectivity index (χ0n) is 17.5. The van der Waals surface area contributed by atoms with Crippen LogP contribution in [0.25, 0.3) is 11.1 Å². The molecule has 0 N–H and O–H groups in total. The largest absolute Gasteiger partial charge is 0.334 e. The third-order valence-electron chi connectivity index (χ3n) is 5.91. The molecule has 5 heteroatoms. The van der Waals surface area contributed by atoms with Crippen molar-refractivity contribution in [2.24, 2.45) is 0 Å². The monoisotopic (exact) mass is 409 g/mol. The van der Waals surface area contributed by atoms with E-state index in [1.54, 1.807) is 11.9 Å². The van der Waals surface area contributed by atoms with Crippen LogP contribution in [0.15, 0.2) is 53.4 Å². The van der Waals surface area contributed by atoms with Gasteiger partial charge in [-0.1, -0.05) is 24.3 Å². The Morgan fingerprint density at radius 1 is 0.931 bits per heavy atom. The summed E-state index contributed by atoms with van der Waals surface area (Å²) in [6.07, 6.45) is 4.87. The Bertz CT molecular complexity index is 813. The third kappa shape index (κ3) is 5.03. The van der Waals surface area contributed by atoms with E-state index in [1.165, 1.54) is 36.4 Å². The van der Waals surface area contributed by atoms with Crippen molar-refractivity contribution in [3.8, 4) is 11.1 Å². The highest BCUT2D eigenvalue weighted by Gasteiger charge is 2.31. The summed E-state index contributed by atoms with van der Waals surface area (Å²) in [6.45, 7) is 4.32. The van der Waals surface area contributed by atoms with Crippen molar-refractivity contribution < 1.29 is 4.79 Å². The van der Waals surface area contributed by atoms with Crippen molar-refractivity contribution in [3.05, 3.63) is 54.1 Å². The summed E-state index contributed by atoms with van der Waals surface area (Å²) >= 11 is 1.71. The summed E-state index contributed by atoms with van der Waals surface area (Å²) in [7, 11) is 4.09. The van der Waals surface area contributed by atoms with Crippen molar-refractivity contribution in [2.45, 2.75) is 36.6 Å². The molecule has 2 heterocycles. The number of hydrogen-bond donors (Lipinski definition) is 0. The molecule has 1 unspecified atom stereocenters. The molecular formula is C24H31N3OS. The van der Waals surface area contributed by atoms with E-state index in [9.17, 15) is 4.79 Å². The SMILES string of the molecule is CN(C)Sc1ccc(-c2ccc(C(=O)N3CCCC3CN3CCCC3)cc2)cc1. The number of carbonyl (C=O) groups excluding carboxylic acids is 1. The van der Waals surface area contributed by atoms with E-state index < -0.39 is 0 Å². The molecule has 4 nitrogen and oxygen atoms in total. The fourth-order valence-corrected chi connectivity index (χ4v) is 5.13. The van der Waals surface area contributed by atoms with Crippen LogP contribution in [-0.2, 0) is 0 Å². The van der Waals surface area contributed by atoms with Crippen LogP contribution in [-0.4, -0.2) is 66.3 Å². The maximum atomic E-state index is 13.1. The van der Waals surface area contributed by atoms with E-state index in [1.807, 2.05) is 26.2 Å². The number of amides is 1. The number of rotatable bonds is 6. The van der Waals surface area contributed by atoms with Crippen LogP contribution in [0.5, 0.6) is 0 Å². The summed E-state index contributed by atoms with van der Waals surface area (Å²) < 4.78 is 2.09. The molecule has 2 aromatic rings. The molecule has 2 saturated heterocycles. The van der Waals surface area contributed by atoms with Crippen molar-refractivity contribution in [1.82, 2.24) is 14.1 Å². The first-order valence-corrected chi connectivity index (χ1v) is 11.5. The van der Waals surface area contributed by atoms with Crippen molar-refractivity contribution >= 4 is 17.9 Å². The Kier molecular flexibility index (Phi) is 6.58. The summed E-state index contributed by atoms with van der Waals surface area (Å²) in [6, 6.07) is 17.1. The Morgan fingerprint density at radius 3 is 2.17 bits per heavy atom. The van der Waals surface area contributed by atoms with Gasteiger partial charge < -0.3 is 9.80 Å². The lowest BCUT2D eigenvalue weighted by Gasteiger charge is -2.28. The van der Waals surface area contributed by atoms with Gasteiger partial charge in [0.2, 0.25) is 0 Å². The molecule has 2 aromatic carbocycles. The van der Waals surface area contributed by atoms with Gasteiger partial charge >= 0.3 is 0 Å². The van der Waals surface area contributed by atoms with Crippen LogP contribution in [0, 0.1) is 0 Å². The molecule has 0 aromatic heterocycles. The van der Waals surface area contributed by atoms with Crippen LogP contribution in [0.2, 0.25) is 0 Å². The molecule has 0 radical (unpaired) electrons. The highest BCUT2D eigenvalue weighted by Crippen LogP contribution is 2.27. The van der Waals surface area contributed by atoms with Gasteiger partial charge in [-0.25, -0.2) is 0 Å². The second kappa shape index (κ2) is 9.33. The summed E-state index contributed by atoms with van der Waals surface area (Å²) in [5, 5.41) is 0. The average Bonchev–Trinajstić information content (AvgIpc) is 3.40. The topological polar surface area (TPSA) is 26.8 Å². The van der Waals surface area contributed by atoms with Gasteiger partial charge in [-0.3, -0.25) is 9.10 Å². The molecule has 2 fully saturated rings. The molecule has 0 aliphatic carbocycles. The van der Waals surface area contributed by atoms with E-state index in [0.29, 0.717) is 6.04 Å². The van der Waals surface area contributed by atoms with Crippen LogP contribution in [0.3, 0.4) is 0 Å². The lowest BCUT2D eigenvalue weighted by Crippen LogP contribution is -2.42. The van der Waals surface area contributed by atoms with Crippen molar-refractivity contribution in [1.29, 1.82) is 0 Å². The van der Waals surface area contributed by atoms with Gasteiger partial charge in [0, 0.05) is 29.6 Å². The molecule has 0 bridgehead atoms. The van der Waals surface area contributed by atoms with Crippen molar-refractivity contribution in [3.63, 3.8) is 0 Å². The minimum Gasteiger partial charge on any atom is -0.334 e. The van der Waals surface area contributed by atoms with Gasteiger partial charge in [0.25, 0.3) is 5.91 Å². The summed E-state index contributed by atoms with van der Waals surface area (Å²) in [4.78, 5) is 19.0. The zero-order chi connectivity index (χ0) is 20.2. The van der Waals surface area contributed by atoms with Crippen molar-refractivity contribution in [2.75, 3.05) is 40.3 Å².